The van der Waals surface area contributed by atoms with Crippen molar-refractivity contribution in [2.75, 3.05) is 17.1 Å². The van der Waals surface area contributed by atoms with Gasteiger partial charge in [0.15, 0.2) is 0 Å². The molecule has 8 heteroatoms. The van der Waals surface area contributed by atoms with Crippen molar-refractivity contribution < 1.29 is 13.2 Å². The van der Waals surface area contributed by atoms with Crippen LogP contribution in [0.15, 0.2) is 87.7 Å². The first-order chi connectivity index (χ1) is 15.3. The Labute approximate surface area is 193 Å². The average Bonchev–Trinajstić information content (AvgIpc) is 2.80. The maximum atomic E-state index is 13.4. The zero-order valence-electron chi connectivity index (χ0n) is 18.1. The number of amides is 1. The number of carbonyl (C=O) groups excluding carboxylic acids is 1. The molecule has 0 radical (unpaired) electrons. The van der Waals surface area contributed by atoms with Gasteiger partial charge >= 0.3 is 0 Å². The maximum Gasteiger partial charge on any atom is 0.264 e. The lowest BCUT2D eigenvalue weighted by molar-refractivity contribution is -0.119. The van der Waals surface area contributed by atoms with Crippen LogP contribution in [0.5, 0.6) is 0 Å². The third-order valence-electron chi connectivity index (χ3n) is 4.98. The van der Waals surface area contributed by atoms with Crippen molar-refractivity contribution in [3.05, 3.63) is 89.5 Å². The molecule has 32 heavy (non-hydrogen) atoms. The lowest BCUT2D eigenvalue weighted by Gasteiger charge is -2.26. The minimum atomic E-state index is -3.96. The molecule has 3 aromatic rings. The van der Waals surface area contributed by atoms with E-state index < -0.39 is 22.5 Å². The number of anilines is 1. The molecule has 0 aromatic heterocycles. The molecule has 6 nitrogen and oxygen atoms in total. The molecule has 166 valence electrons. The van der Waals surface area contributed by atoms with Crippen molar-refractivity contribution >= 4 is 39.6 Å². The van der Waals surface area contributed by atoms with Crippen LogP contribution in [0.3, 0.4) is 0 Å². The van der Waals surface area contributed by atoms with Crippen molar-refractivity contribution in [2.45, 2.75) is 23.6 Å². The second-order valence-corrected chi connectivity index (χ2v) is 9.85. The summed E-state index contributed by atoms with van der Waals surface area (Å²) in [6, 6.07) is 21.2. The van der Waals surface area contributed by atoms with Crippen LogP contribution in [0.1, 0.15) is 16.7 Å². The molecule has 1 amide bonds. The van der Waals surface area contributed by atoms with E-state index in [1.54, 1.807) is 42.1 Å². The van der Waals surface area contributed by atoms with Gasteiger partial charge in [0.2, 0.25) is 0 Å². The molecular weight excluding hydrogens is 442 g/mol. The van der Waals surface area contributed by atoms with E-state index >= 15 is 0 Å². The number of hydrogen-bond acceptors (Lipinski definition) is 5. The number of hydrogen-bond donors (Lipinski definition) is 1. The SMILES string of the molecule is CSc1ccc(/C=N\NC(=O)CN(c2cccc(C)c2C)S(=O)(=O)c2ccccc2)cc1. The molecule has 1 N–H and O–H groups in total. The smallest absolute Gasteiger partial charge is 0.264 e. The molecule has 0 heterocycles. The molecule has 0 saturated heterocycles. The van der Waals surface area contributed by atoms with Gasteiger partial charge in [-0.2, -0.15) is 5.10 Å². The second-order valence-electron chi connectivity index (χ2n) is 7.11. The van der Waals surface area contributed by atoms with E-state index in [0.717, 1.165) is 25.9 Å². The molecule has 0 aliphatic heterocycles. The second kappa shape index (κ2) is 10.5. The first kappa shape index (κ1) is 23.6. The highest BCUT2D eigenvalue weighted by molar-refractivity contribution is 7.98. The van der Waals surface area contributed by atoms with Crippen molar-refractivity contribution in [1.29, 1.82) is 0 Å². The summed E-state index contributed by atoms with van der Waals surface area (Å²) < 4.78 is 27.9. The Morgan fingerprint density at radius 2 is 1.69 bits per heavy atom. The molecule has 0 atom stereocenters. The average molecular weight is 468 g/mol. The Morgan fingerprint density at radius 3 is 2.34 bits per heavy atom. The molecule has 0 aliphatic carbocycles. The molecule has 3 aromatic carbocycles. The summed E-state index contributed by atoms with van der Waals surface area (Å²) in [6.07, 6.45) is 3.52. The van der Waals surface area contributed by atoms with E-state index in [2.05, 4.69) is 10.5 Å². The Morgan fingerprint density at radius 1 is 1.00 bits per heavy atom. The molecule has 3 rings (SSSR count). The van der Waals surface area contributed by atoms with Crippen molar-refractivity contribution in [3.63, 3.8) is 0 Å². The summed E-state index contributed by atoms with van der Waals surface area (Å²) in [5, 5.41) is 3.99. The van der Waals surface area contributed by atoms with Gasteiger partial charge < -0.3 is 0 Å². The number of sulfonamides is 1. The summed E-state index contributed by atoms with van der Waals surface area (Å²) in [5.41, 5.74) is 5.44. The Balaban J connectivity index is 1.84. The van der Waals surface area contributed by atoms with Gasteiger partial charge in [-0.05, 0) is 67.1 Å². The number of nitrogens with one attached hydrogen (secondary N) is 1. The quantitative estimate of drug-likeness (QED) is 0.303. The van der Waals surface area contributed by atoms with E-state index in [9.17, 15) is 13.2 Å². The van der Waals surface area contributed by atoms with E-state index in [0.29, 0.717) is 5.69 Å². The number of aryl methyl sites for hydroxylation is 1. The van der Waals surface area contributed by atoms with E-state index in [4.69, 9.17) is 0 Å². The molecular formula is C24H25N3O3S2. The maximum absolute atomic E-state index is 13.4. The van der Waals surface area contributed by atoms with Crippen molar-refractivity contribution in [1.82, 2.24) is 5.43 Å². The van der Waals surface area contributed by atoms with Gasteiger partial charge in [-0.25, -0.2) is 13.8 Å². The van der Waals surface area contributed by atoms with Gasteiger partial charge in [-0.1, -0.05) is 42.5 Å². The molecule has 0 aliphatic rings. The third kappa shape index (κ3) is 5.57. The minimum absolute atomic E-state index is 0.117. The number of benzene rings is 3. The minimum Gasteiger partial charge on any atom is -0.271 e. The Bertz CT molecular complexity index is 1210. The van der Waals surface area contributed by atoms with E-state index in [-0.39, 0.29) is 4.90 Å². The number of carbonyl (C=O) groups is 1. The van der Waals surface area contributed by atoms with Crippen LogP contribution in [0.2, 0.25) is 0 Å². The van der Waals surface area contributed by atoms with E-state index in [1.165, 1.54) is 18.3 Å². The first-order valence-corrected chi connectivity index (χ1v) is 12.6. The van der Waals surface area contributed by atoms with Crippen molar-refractivity contribution in [2.24, 2.45) is 5.10 Å². The molecule has 0 fully saturated rings. The van der Waals surface area contributed by atoms with Crippen LogP contribution < -0.4 is 9.73 Å². The largest absolute Gasteiger partial charge is 0.271 e. The standard InChI is InChI=1S/C24H25N3O3S2/c1-18-8-7-11-23(19(18)2)27(32(29,30)22-9-5-4-6-10-22)17-24(28)26-25-16-20-12-14-21(31-3)15-13-20/h4-16H,17H2,1-3H3,(H,26,28)/b25-16-. The lowest BCUT2D eigenvalue weighted by Crippen LogP contribution is -2.40. The van der Waals surface area contributed by atoms with Gasteiger partial charge in [0.05, 0.1) is 16.8 Å². The number of nitrogens with zero attached hydrogens (tertiary/aromatic N) is 2. The van der Waals surface area contributed by atoms with Gasteiger partial charge in [0, 0.05) is 4.90 Å². The third-order valence-corrected chi connectivity index (χ3v) is 7.50. The zero-order valence-corrected chi connectivity index (χ0v) is 19.8. The number of hydrazone groups is 1. The van der Waals surface area contributed by atoms with Crippen molar-refractivity contribution in [3.8, 4) is 0 Å². The van der Waals surface area contributed by atoms with E-state index in [1.807, 2.05) is 50.4 Å². The number of thioether (sulfide) groups is 1. The van der Waals surface area contributed by atoms with Crippen LogP contribution >= 0.6 is 11.8 Å². The Kier molecular flexibility index (Phi) is 7.71. The molecule has 0 bridgehead atoms. The first-order valence-electron chi connectivity index (χ1n) is 9.93. The van der Waals surface area contributed by atoms with Gasteiger partial charge in [0.25, 0.3) is 15.9 Å². The fraction of sp³-hybridized carbons (Fsp3) is 0.167. The van der Waals surface area contributed by atoms with Crippen LogP contribution in [0, 0.1) is 13.8 Å². The summed E-state index contributed by atoms with van der Waals surface area (Å²) in [6.45, 7) is 3.34. The molecule has 0 spiro atoms. The zero-order chi connectivity index (χ0) is 23.1. The highest BCUT2D eigenvalue weighted by Crippen LogP contribution is 2.28. The summed E-state index contributed by atoms with van der Waals surface area (Å²) in [7, 11) is -3.96. The highest BCUT2D eigenvalue weighted by Gasteiger charge is 2.28. The fourth-order valence-electron chi connectivity index (χ4n) is 3.06. The topological polar surface area (TPSA) is 78.8 Å². The Hall–Kier alpha value is -3.10. The van der Waals surface area contributed by atoms with Crippen LogP contribution in [-0.4, -0.2) is 33.3 Å². The lowest BCUT2D eigenvalue weighted by atomic mass is 10.1. The normalized spacial score (nSPS) is 11.5. The van der Waals surface area contributed by atoms with Gasteiger partial charge in [-0.3, -0.25) is 9.10 Å². The monoisotopic (exact) mass is 467 g/mol. The van der Waals surface area contributed by atoms with Crippen LogP contribution in [0.4, 0.5) is 5.69 Å². The molecule has 0 unspecified atom stereocenters. The van der Waals surface area contributed by atoms with Gasteiger partial charge in [-0.15, -0.1) is 11.8 Å². The summed E-state index contributed by atoms with van der Waals surface area (Å²) in [4.78, 5) is 13.9. The number of rotatable bonds is 8. The highest BCUT2D eigenvalue weighted by atomic mass is 32.2. The predicted octanol–water partition coefficient (Wildman–Crippen LogP) is 4.37. The summed E-state index contributed by atoms with van der Waals surface area (Å²) in [5.74, 6) is -0.539. The summed E-state index contributed by atoms with van der Waals surface area (Å²) >= 11 is 1.64. The van der Waals surface area contributed by atoms with Crippen LogP contribution in [-0.2, 0) is 14.8 Å². The van der Waals surface area contributed by atoms with Gasteiger partial charge in [0.1, 0.15) is 6.54 Å². The molecule has 0 saturated carbocycles. The van der Waals surface area contributed by atoms with Crippen LogP contribution in [0.25, 0.3) is 0 Å². The fourth-order valence-corrected chi connectivity index (χ4v) is 4.97. The predicted molar refractivity (Wildman–Crippen MR) is 131 cm³/mol.